The Labute approximate surface area is 296 Å². The molecule has 0 radical (unpaired) electrons. The van der Waals surface area contributed by atoms with Crippen LogP contribution in [-0.2, 0) is 0 Å². The summed E-state index contributed by atoms with van der Waals surface area (Å²) >= 11 is 0. The second-order valence-electron chi connectivity index (χ2n) is 13.2. The molecule has 0 N–H and O–H groups in total. The quantitative estimate of drug-likeness (QED) is 0.185. The van der Waals surface area contributed by atoms with Crippen LogP contribution in [-0.4, -0.2) is 21.1 Å². The van der Waals surface area contributed by atoms with E-state index in [1.807, 2.05) is 36.4 Å². The van der Waals surface area contributed by atoms with Gasteiger partial charge in [-0.2, -0.15) is 0 Å². The lowest BCUT2D eigenvalue weighted by Crippen LogP contribution is -2.19. The minimum Gasteiger partial charge on any atom is -0.485 e. The maximum atomic E-state index is 6.41. The lowest BCUT2D eigenvalue weighted by atomic mass is 9.79. The Morgan fingerprint density at radius 2 is 1.06 bits per heavy atom. The molecule has 0 saturated carbocycles. The number of nitrogens with zero attached hydrogens (tertiary/aromatic N) is 3. The van der Waals surface area contributed by atoms with Gasteiger partial charge in [-0.3, -0.25) is 0 Å². The molecule has 0 amide bonds. The van der Waals surface area contributed by atoms with Crippen LogP contribution in [0.5, 0.6) is 5.75 Å². The fraction of sp³-hybridized carbons (Fsp3) is 0.0426. The van der Waals surface area contributed by atoms with Crippen LogP contribution in [0.4, 0.5) is 0 Å². The highest BCUT2D eigenvalue weighted by atomic mass is 16.5. The number of aromatic nitrogens is 3. The van der Waals surface area contributed by atoms with E-state index in [4.69, 9.17) is 19.7 Å². The molecule has 4 nitrogen and oxygen atoms in total. The van der Waals surface area contributed by atoms with Crippen molar-refractivity contribution in [2.45, 2.75) is 12.0 Å². The molecule has 1 aliphatic heterocycles. The van der Waals surface area contributed by atoms with Crippen molar-refractivity contribution in [2.75, 3.05) is 0 Å². The van der Waals surface area contributed by atoms with Gasteiger partial charge in [-0.25, -0.2) is 15.0 Å². The molecule has 2 heterocycles. The van der Waals surface area contributed by atoms with Crippen LogP contribution in [0.15, 0.2) is 176 Å². The maximum Gasteiger partial charge on any atom is 0.164 e. The van der Waals surface area contributed by atoms with Gasteiger partial charge in [0.05, 0.1) is 5.92 Å². The molecule has 4 heteroatoms. The Hall–Kier alpha value is -6.65. The Morgan fingerprint density at radius 3 is 1.88 bits per heavy atom. The molecule has 8 aromatic rings. The summed E-state index contributed by atoms with van der Waals surface area (Å²) in [6.07, 6.45) is 6.48. The lowest BCUT2D eigenvalue weighted by molar-refractivity contribution is 0.271. The smallest absolute Gasteiger partial charge is 0.164 e. The largest absolute Gasteiger partial charge is 0.485 e. The number of para-hydroxylation sites is 1. The third kappa shape index (κ3) is 5.20. The number of rotatable bonds is 5. The first-order chi connectivity index (χ1) is 25.2. The Kier molecular flexibility index (Phi) is 6.91. The Bertz CT molecular complexity index is 2680. The molecule has 2 aliphatic rings. The van der Waals surface area contributed by atoms with Gasteiger partial charge in [0, 0.05) is 22.3 Å². The molecule has 2 unspecified atom stereocenters. The zero-order valence-electron chi connectivity index (χ0n) is 27.6. The summed E-state index contributed by atoms with van der Waals surface area (Å²) in [7, 11) is 0. The zero-order valence-corrected chi connectivity index (χ0v) is 27.6. The Balaban J connectivity index is 1.11. The number of ether oxygens (including phenoxy) is 1. The third-order valence-corrected chi connectivity index (χ3v) is 10.1. The molecule has 0 saturated heterocycles. The van der Waals surface area contributed by atoms with Crippen LogP contribution in [0, 0.1) is 0 Å². The normalized spacial score (nSPS) is 16.0. The predicted molar refractivity (Wildman–Crippen MR) is 207 cm³/mol. The SMILES string of the molecule is C1=CC2Oc3ccccc3C2C(c2cc(-c3nc(-c4ccccc4)nc(-c4ccc(-c5ccc6ccccc6c5)cc4)n3)cc3ccccc23)=C1. The Morgan fingerprint density at radius 1 is 0.451 bits per heavy atom. The van der Waals surface area contributed by atoms with E-state index >= 15 is 0 Å². The van der Waals surface area contributed by atoms with Crippen molar-refractivity contribution in [1.29, 1.82) is 0 Å². The van der Waals surface area contributed by atoms with Crippen LogP contribution in [0.25, 0.3) is 72.4 Å². The first-order valence-electron chi connectivity index (χ1n) is 17.3. The first kappa shape index (κ1) is 29.3. The molecule has 2 atom stereocenters. The van der Waals surface area contributed by atoms with Gasteiger partial charge < -0.3 is 4.74 Å². The predicted octanol–water partition coefficient (Wildman–Crippen LogP) is 11.3. The van der Waals surface area contributed by atoms with Crippen LogP contribution >= 0.6 is 0 Å². The summed E-state index contributed by atoms with van der Waals surface area (Å²) in [6.45, 7) is 0. The van der Waals surface area contributed by atoms with Gasteiger partial charge in [0.15, 0.2) is 17.5 Å². The number of allylic oxidation sites excluding steroid dienone is 2. The molecule has 7 aromatic carbocycles. The van der Waals surface area contributed by atoms with Crippen molar-refractivity contribution in [3.05, 3.63) is 187 Å². The standard InChI is InChI=1S/C47H31N3O/c1-2-12-32(13-3-1)45-48-46(33-24-21-31(22-25-33)35-26-23-30-11-4-5-14-34(30)27-35)50-47(49-45)37-28-36-15-6-7-16-38(36)41(29-37)39-18-10-20-43-44(39)40-17-8-9-19-42(40)51-43/h1-29,43-44H. The fourth-order valence-electron chi connectivity index (χ4n) is 7.57. The van der Waals surface area contributed by atoms with Crippen molar-refractivity contribution in [2.24, 2.45) is 0 Å². The highest BCUT2D eigenvalue weighted by Crippen LogP contribution is 2.49. The summed E-state index contributed by atoms with van der Waals surface area (Å²) < 4.78 is 6.41. The molecule has 0 spiro atoms. The molecule has 10 rings (SSSR count). The second-order valence-corrected chi connectivity index (χ2v) is 13.2. The number of hydrogen-bond donors (Lipinski definition) is 0. The topological polar surface area (TPSA) is 47.9 Å². The van der Waals surface area contributed by atoms with Gasteiger partial charge >= 0.3 is 0 Å². The highest BCUT2D eigenvalue weighted by molar-refractivity contribution is 5.99. The van der Waals surface area contributed by atoms with E-state index in [9.17, 15) is 0 Å². The lowest BCUT2D eigenvalue weighted by Gasteiger charge is -2.24. The third-order valence-electron chi connectivity index (χ3n) is 10.1. The van der Waals surface area contributed by atoms with E-state index in [1.54, 1.807) is 0 Å². The van der Waals surface area contributed by atoms with Crippen molar-refractivity contribution < 1.29 is 4.74 Å². The number of hydrogen-bond acceptors (Lipinski definition) is 4. The van der Waals surface area contributed by atoms with E-state index in [1.165, 1.54) is 32.9 Å². The molecule has 240 valence electrons. The summed E-state index contributed by atoms with van der Waals surface area (Å²) in [6, 6.07) is 55.2. The second kappa shape index (κ2) is 12.0. The van der Waals surface area contributed by atoms with Gasteiger partial charge in [0.1, 0.15) is 11.9 Å². The van der Waals surface area contributed by atoms with Crippen LogP contribution in [0.1, 0.15) is 17.0 Å². The van der Waals surface area contributed by atoms with Gasteiger partial charge in [0.2, 0.25) is 0 Å². The molecule has 1 aromatic heterocycles. The highest BCUT2D eigenvalue weighted by Gasteiger charge is 2.37. The van der Waals surface area contributed by atoms with E-state index in [2.05, 4.69) is 140 Å². The molecular weight excluding hydrogens is 623 g/mol. The van der Waals surface area contributed by atoms with E-state index < -0.39 is 0 Å². The number of fused-ring (bicyclic) bond motifs is 5. The first-order valence-corrected chi connectivity index (χ1v) is 17.3. The maximum absolute atomic E-state index is 6.41. The van der Waals surface area contributed by atoms with Gasteiger partial charge in [0.25, 0.3) is 0 Å². The average molecular weight is 654 g/mol. The molecule has 51 heavy (non-hydrogen) atoms. The van der Waals surface area contributed by atoms with Crippen molar-refractivity contribution in [3.8, 4) is 51.0 Å². The van der Waals surface area contributed by atoms with Crippen molar-refractivity contribution >= 4 is 27.1 Å². The summed E-state index contributed by atoms with van der Waals surface area (Å²) in [5.41, 5.74) is 8.74. The van der Waals surface area contributed by atoms with E-state index in [0.29, 0.717) is 17.5 Å². The average Bonchev–Trinajstić information content (AvgIpc) is 3.60. The van der Waals surface area contributed by atoms with Crippen molar-refractivity contribution in [3.63, 3.8) is 0 Å². The minimum atomic E-state index is -0.0455. The summed E-state index contributed by atoms with van der Waals surface area (Å²) in [4.78, 5) is 15.3. The minimum absolute atomic E-state index is 0.0455. The van der Waals surface area contributed by atoms with Gasteiger partial charge in [-0.15, -0.1) is 0 Å². The van der Waals surface area contributed by atoms with Crippen LogP contribution in [0.3, 0.4) is 0 Å². The van der Waals surface area contributed by atoms with Crippen LogP contribution in [0.2, 0.25) is 0 Å². The van der Waals surface area contributed by atoms with Gasteiger partial charge in [-0.1, -0.05) is 146 Å². The van der Waals surface area contributed by atoms with E-state index in [0.717, 1.165) is 39.0 Å². The molecule has 0 bridgehead atoms. The molecule has 0 fully saturated rings. The summed E-state index contributed by atoms with van der Waals surface area (Å²) in [5, 5.41) is 4.78. The summed E-state index contributed by atoms with van der Waals surface area (Å²) in [5.74, 6) is 2.96. The number of benzene rings is 7. The molecular formula is C47H31N3O. The van der Waals surface area contributed by atoms with Gasteiger partial charge in [-0.05, 0) is 74.1 Å². The van der Waals surface area contributed by atoms with Crippen LogP contribution < -0.4 is 4.74 Å². The van der Waals surface area contributed by atoms with E-state index in [-0.39, 0.29) is 12.0 Å². The zero-order chi connectivity index (χ0) is 33.7. The fourth-order valence-corrected chi connectivity index (χ4v) is 7.57. The monoisotopic (exact) mass is 653 g/mol. The van der Waals surface area contributed by atoms with Crippen molar-refractivity contribution in [1.82, 2.24) is 15.0 Å². The molecule has 1 aliphatic carbocycles.